The molecule has 0 saturated carbocycles. The van der Waals surface area contributed by atoms with Crippen molar-refractivity contribution in [3.05, 3.63) is 71.8 Å². The Balaban J connectivity index is 2.51. The first kappa shape index (κ1) is 20.6. The van der Waals surface area contributed by atoms with Crippen molar-refractivity contribution >= 4 is 95.6 Å². The maximum absolute atomic E-state index is 4.06. The zero-order valence-corrected chi connectivity index (χ0v) is 21.4. The molecule has 0 fully saturated rings. The van der Waals surface area contributed by atoms with E-state index in [1.54, 1.807) is 0 Å². The second-order valence-corrected chi connectivity index (χ2v) is 12.6. The van der Waals surface area contributed by atoms with Crippen LogP contribution in [0.25, 0.3) is 0 Å². The van der Waals surface area contributed by atoms with Crippen LogP contribution in [0.2, 0.25) is 0 Å². The molecule has 0 aliphatic rings. The highest BCUT2D eigenvalue weighted by atomic mass is 79.9. The van der Waals surface area contributed by atoms with Crippen molar-refractivity contribution in [2.24, 2.45) is 0 Å². The molecule has 0 radical (unpaired) electrons. The Morgan fingerprint density at radius 2 is 1.00 bits per heavy atom. The molecule has 0 bridgehead atoms. The van der Waals surface area contributed by atoms with Crippen LogP contribution in [-0.4, -0.2) is 18.2 Å². The minimum atomic E-state index is -0.357. The van der Waals surface area contributed by atoms with E-state index in [-0.39, 0.29) is 22.5 Å². The zero-order chi connectivity index (χ0) is 17.0. The van der Waals surface area contributed by atoms with Crippen molar-refractivity contribution in [1.82, 2.24) is 0 Å². The van der Waals surface area contributed by atoms with Gasteiger partial charge < -0.3 is 0 Å². The summed E-state index contributed by atoms with van der Waals surface area (Å²) < 4.78 is -0.201. The van der Waals surface area contributed by atoms with Crippen LogP contribution in [0.3, 0.4) is 0 Å². The number of hydrogen-bond donors (Lipinski definition) is 0. The fourth-order valence-corrected chi connectivity index (χ4v) is 7.29. The van der Waals surface area contributed by atoms with Gasteiger partial charge in [0.1, 0.15) is 0 Å². The van der Waals surface area contributed by atoms with Gasteiger partial charge in [0, 0.05) is 4.83 Å². The molecule has 0 nitrogen and oxygen atoms in total. The van der Waals surface area contributed by atoms with Crippen molar-refractivity contribution < 1.29 is 0 Å². The second-order valence-electron chi connectivity index (χ2n) is 5.07. The highest BCUT2D eigenvalue weighted by Crippen LogP contribution is 2.49. The molecule has 0 aromatic heterocycles. The molecule has 2 aromatic rings. The first-order chi connectivity index (χ1) is 10.9. The van der Waals surface area contributed by atoms with Crippen LogP contribution < -0.4 is 0 Å². The molecule has 0 saturated heterocycles. The van der Waals surface area contributed by atoms with Gasteiger partial charge >= 0.3 is 0 Å². The third-order valence-corrected chi connectivity index (χ3v) is 13.0. The zero-order valence-electron chi connectivity index (χ0n) is 11.9. The fraction of sp³-hybridized carbons (Fsp3) is 0.294. The largest absolute Gasteiger partial charge is 0.0890 e. The smallest absolute Gasteiger partial charge is 0.0865 e. The molecule has 0 aliphatic heterocycles. The summed E-state index contributed by atoms with van der Waals surface area (Å²) in [5.41, 5.74) is 2.41. The van der Waals surface area contributed by atoms with Gasteiger partial charge in [-0.3, -0.25) is 0 Å². The predicted molar refractivity (Wildman–Crippen MR) is 122 cm³/mol. The molecule has 2 aromatic carbocycles. The monoisotopic (exact) mass is 692 g/mol. The summed E-state index contributed by atoms with van der Waals surface area (Å²) in [6.07, 6.45) is 0. The lowest BCUT2D eigenvalue weighted by Crippen LogP contribution is -2.41. The molecule has 0 N–H and O–H groups in total. The fourth-order valence-electron chi connectivity index (χ4n) is 2.37. The van der Waals surface area contributed by atoms with Gasteiger partial charge in [0.15, 0.2) is 0 Å². The normalized spacial score (nSPS) is 16.1. The Labute approximate surface area is 188 Å². The van der Waals surface area contributed by atoms with Gasteiger partial charge in [-0.05, 0) is 11.1 Å². The average Bonchev–Trinajstić information content (AvgIpc) is 2.60. The molecular weight excluding hydrogens is 684 g/mol. The Bertz CT molecular complexity index is 561. The summed E-state index contributed by atoms with van der Waals surface area (Å²) >= 11 is 22.8. The lowest BCUT2D eigenvalue weighted by molar-refractivity contribution is 0.676. The van der Waals surface area contributed by atoms with Gasteiger partial charge in [-0.25, -0.2) is 0 Å². The molecule has 2 rings (SSSR count). The Hall–Kier alpha value is 1.32. The standard InChI is InChI=1S/C17H14Br6/c18-13(14(19)16(21)22)15(20)17(23,11-7-3-1-4-8-11)12-9-5-2-6-10-12/h1-10,13-16H. The molecule has 0 amide bonds. The third kappa shape index (κ3) is 4.73. The van der Waals surface area contributed by atoms with Crippen LogP contribution in [0, 0.1) is 0 Å². The van der Waals surface area contributed by atoms with Crippen molar-refractivity contribution in [2.75, 3.05) is 0 Å². The third-order valence-electron chi connectivity index (χ3n) is 3.59. The second kappa shape index (κ2) is 9.31. The van der Waals surface area contributed by atoms with Crippen molar-refractivity contribution in [1.29, 1.82) is 0 Å². The summed E-state index contributed by atoms with van der Waals surface area (Å²) in [6, 6.07) is 21.0. The van der Waals surface area contributed by atoms with Gasteiger partial charge in [-0.2, -0.15) is 0 Å². The van der Waals surface area contributed by atoms with Crippen molar-refractivity contribution in [2.45, 2.75) is 22.5 Å². The van der Waals surface area contributed by atoms with E-state index in [0.29, 0.717) is 0 Å². The summed E-state index contributed by atoms with van der Waals surface area (Å²) in [4.78, 5) is 0.448. The van der Waals surface area contributed by atoms with Crippen molar-refractivity contribution in [3.63, 3.8) is 0 Å². The summed E-state index contributed by atoms with van der Waals surface area (Å²) in [5.74, 6) is 0. The maximum Gasteiger partial charge on any atom is 0.0890 e. The minimum Gasteiger partial charge on any atom is -0.0865 e. The molecule has 0 heterocycles. The molecule has 23 heavy (non-hydrogen) atoms. The molecule has 6 heteroatoms. The van der Waals surface area contributed by atoms with E-state index >= 15 is 0 Å². The Kier molecular flexibility index (Phi) is 8.35. The number of alkyl halides is 6. The van der Waals surface area contributed by atoms with E-state index in [2.05, 4.69) is 144 Å². The molecule has 0 aliphatic carbocycles. The quantitative estimate of drug-likeness (QED) is 0.271. The van der Waals surface area contributed by atoms with E-state index in [1.807, 2.05) is 12.1 Å². The molecule has 124 valence electrons. The van der Waals surface area contributed by atoms with Crippen LogP contribution in [0.5, 0.6) is 0 Å². The van der Waals surface area contributed by atoms with E-state index in [9.17, 15) is 0 Å². The first-order valence-corrected chi connectivity index (χ1v) is 12.3. The predicted octanol–water partition coefficient (Wildman–Crippen LogP) is 7.73. The summed E-state index contributed by atoms with van der Waals surface area (Å²) in [7, 11) is 0. The minimum absolute atomic E-state index is 0.0989. The molecular formula is C17H14Br6. The SMILES string of the molecule is BrC(Br)C(Br)C(Br)C(Br)C(Br)(c1ccccc1)c1ccccc1. The van der Waals surface area contributed by atoms with Crippen LogP contribution in [-0.2, 0) is 4.32 Å². The maximum atomic E-state index is 4.06. The highest BCUT2D eigenvalue weighted by molar-refractivity contribution is 9.25. The van der Waals surface area contributed by atoms with Gasteiger partial charge in [-0.15, -0.1) is 0 Å². The summed E-state index contributed by atoms with van der Waals surface area (Å²) in [6.45, 7) is 0. The first-order valence-electron chi connectivity index (χ1n) is 6.89. The lowest BCUT2D eigenvalue weighted by atomic mass is 9.86. The van der Waals surface area contributed by atoms with E-state index in [1.165, 1.54) is 11.1 Å². The molecule has 3 unspecified atom stereocenters. The van der Waals surface area contributed by atoms with E-state index < -0.39 is 0 Å². The van der Waals surface area contributed by atoms with Crippen LogP contribution >= 0.6 is 95.6 Å². The highest BCUT2D eigenvalue weighted by Gasteiger charge is 2.44. The van der Waals surface area contributed by atoms with Crippen LogP contribution in [0.4, 0.5) is 0 Å². The Morgan fingerprint density at radius 1 is 0.609 bits per heavy atom. The molecule has 0 spiro atoms. The molecule has 3 atom stereocenters. The van der Waals surface area contributed by atoms with Gasteiger partial charge in [0.2, 0.25) is 0 Å². The Morgan fingerprint density at radius 3 is 1.35 bits per heavy atom. The van der Waals surface area contributed by atoms with Crippen LogP contribution in [0.15, 0.2) is 60.7 Å². The van der Waals surface area contributed by atoms with Gasteiger partial charge in [0.05, 0.1) is 17.7 Å². The lowest BCUT2D eigenvalue weighted by Gasteiger charge is -2.38. The number of benzene rings is 2. The van der Waals surface area contributed by atoms with Gasteiger partial charge in [0.25, 0.3) is 0 Å². The van der Waals surface area contributed by atoms with E-state index in [4.69, 9.17) is 0 Å². The van der Waals surface area contributed by atoms with Crippen molar-refractivity contribution in [3.8, 4) is 0 Å². The van der Waals surface area contributed by atoms with Crippen LogP contribution in [0.1, 0.15) is 11.1 Å². The number of rotatable bonds is 6. The average molecular weight is 698 g/mol. The number of hydrogen-bond acceptors (Lipinski definition) is 0. The topological polar surface area (TPSA) is 0 Å². The summed E-state index contributed by atoms with van der Waals surface area (Å²) in [5, 5.41) is 0. The van der Waals surface area contributed by atoms with Gasteiger partial charge in [-0.1, -0.05) is 156 Å². The van der Waals surface area contributed by atoms with E-state index in [0.717, 1.165) is 0 Å². The number of halogens is 6.